The van der Waals surface area contributed by atoms with Crippen LogP contribution in [0.1, 0.15) is 38.8 Å². The van der Waals surface area contributed by atoms with Gasteiger partial charge in [-0.2, -0.15) is 0 Å². The topological polar surface area (TPSA) is 87.7 Å². The highest BCUT2D eigenvalue weighted by molar-refractivity contribution is 6.02. The summed E-state index contributed by atoms with van der Waals surface area (Å²) in [4.78, 5) is 12.3. The molecule has 0 aliphatic rings. The van der Waals surface area contributed by atoms with E-state index in [4.69, 9.17) is 10.9 Å². The van der Waals surface area contributed by atoms with E-state index in [9.17, 15) is 4.79 Å². The lowest BCUT2D eigenvalue weighted by molar-refractivity contribution is -0.124. The Labute approximate surface area is 119 Å². The van der Waals surface area contributed by atoms with Gasteiger partial charge in [-0.15, -0.1) is 0 Å². The zero-order valence-corrected chi connectivity index (χ0v) is 12.2. The maximum absolute atomic E-state index is 12.3. The van der Waals surface area contributed by atoms with Gasteiger partial charge >= 0.3 is 0 Å². The monoisotopic (exact) mass is 277 g/mol. The fourth-order valence-corrected chi connectivity index (χ4v) is 2.21. The Bertz CT molecular complexity index is 457. The van der Waals surface area contributed by atoms with Crippen LogP contribution in [0, 0.1) is 11.8 Å². The number of oxime groups is 1. The number of carbonyl (C=O) groups is 1. The molecule has 0 bridgehead atoms. The van der Waals surface area contributed by atoms with E-state index in [1.807, 2.05) is 51.1 Å². The summed E-state index contributed by atoms with van der Waals surface area (Å²) in [5, 5.41) is 14.7. The second-order valence-electron chi connectivity index (χ2n) is 5.13. The summed E-state index contributed by atoms with van der Waals surface area (Å²) in [5.74, 6) is -0.941. The SMILES string of the molecule is CCC(NC(=O)C(C(N)=NO)C(C)C)c1ccccc1. The van der Waals surface area contributed by atoms with Crippen molar-refractivity contribution in [1.82, 2.24) is 5.32 Å². The van der Waals surface area contributed by atoms with E-state index >= 15 is 0 Å². The van der Waals surface area contributed by atoms with E-state index in [0.717, 1.165) is 12.0 Å². The van der Waals surface area contributed by atoms with E-state index in [1.54, 1.807) is 0 Å². The Kier molecular flexibility index (Phi) is 6.03. The summed E-state index contributed by atoms with van der Waals surface area (Å²) in [6.07, 6.45) is 0.775. The molecule has 0 saturated carbocycles. The van der Waals surface area contributed by atoms with Crippen LogP contribution in [0.25, 0.3) is 0 Å². The smallest absolute Gasteiger partial charge is 0.231 e. The van der Waals surface area contributed by atoms with Gasteiger partial charge < -0.3 is 16.3 Å². The molecule has 0 spiro atoms. The van der Waals surface area contributed by atoms with Crippen LogP contribution in [0.5, 0.6) is 0 Å². The molecule has 0 fully saturated rings. The van der Waals surface area contributed by atoms with Crippen molar-refractivity contribution in [2.75, 3.05) is 0 Å². The van der Waals surface area contributed by atoms with Gasteiger partial charge in [0.1, 0.15) is 5.92 Å². The molecule has 0 heterocycles. The molecular formula is C15H23N3O2. The largest absolute Gasteiger partial charge is 0.409 e. The molecule has 5 nitrogen and oxygen atoms in total. The number of nitrogens with two attached hydrogens (primary N) is 1. The summed E-state index contributed by atoms with van der Waals surface area (Å²) in [6.45, 7) is 5.74. The van der Waals surface area contributed by atoms with Crippen molar-refractivity contribution in [3.63, 3.8) is 0 Å². The zero-order valence-electron chi connectivity index (χ0n) is 12.2. The van der Waals surface area contributed by atoms with Crippen LogP contribution in [-0.4, -0.2) is 17.0 Å². The van der Waals surface area contributed by atoms with Crippen molar-refractivity contribution in [3.05, 3.63) is 35.9 Å². The minimum absolute atomic E-state index is 0.0424. The average molecular weight is 277 g/mol. The molecule has 2 atom stereocenters. The zero-order chi connectivity index (χ0) is 15.1. The number of amidine groups is 1. The van der Waals surface area contributed by atoms with Gasteiger partial charge in [0.25, 0.3) is 0 Å². The highest BCUT2D eigenvalue weighted by Crippen LogP contribution is 2.19. The maximum Gasteiger partial charge on any atom is 0.231 e. The second-order valence-corrected chi connectivity index (χ2v) is 5.13. The molecule has 1 amide bonds. The first-order valence-corrected chi connectivity index (χ1v) is 6.84. The van der Waals surface area contributed by atoms with Crippen LogP contribution in [-0.2, 0) is 4.79 Å². The minimum atomic E-state index is -0.627. The quantitative estimate of drug-likeness (QED) is 0.322. The van der Waals surface area contributed by atoms with Gasteiger partial charge in [0.15, 0.2) is 5.84 Å². The molecule has 1 aromatic carbocycles. The third-order valence-corrected chi connectivity index (χ3v) is 3.31. The van der Waals surface area contributed by atoms with Gasteiger partial charge in [0.05, 0.1) is 6.04 Å². The van der Waals surface area contributed by atoms with Crippen LogP contribution in [0.15, 0.2) is 35.5 Å². The summed E-state index contributed by atoms with van der Waals surface area (Å²) in [7, 11) is 0. The average Bonchev–Trinajstić information content (AvgIpc) is 2.45. The van der Waals surface area contributed by atoms with Crippen LogP contribution in [0.3, 0.4) is 0 Å². The van der Waals surface area contributed by atoms with Crippen molar-refractivity contribution in [2.45, 2.75) is 33.2 Å². The Morgan fingerprint density at radius 2 is 1.95 bits per heavy atom. The fourth-order valence-electron chi connectivity index (χ4n) is 2.21. The minimum Gasteiger partial charge on any atom is -0.409 e. The molecule has 0 aliphatic carbocycles. The summed E-state index contributed by atoms with van der Waals surface area (Å²) in [5.41, 5.74) is 6.66. The highest BCUT2D eigenvalue weighted by Gasteiger charge is 2.28. The third-order valence-electron chi connectivity index (χ3n) is 3.31. The molecule has 0 saturated heterocycles. The number of hydrogen-bond donors (Lipinski definition) is 3. The molecule has 110 valence electrons. The maximum atomic E-state index is 12.3. The van der Waals surface area contributed by atoms with Crippen molar-refractivity contribution in [3.8, 4) is 0 Å². The van der Waals surface area contributed by atoms with Gasteiger partial charge in [-0.25, -0.2) is 0 Å². The van der Waals surface area contributed by atoms with Crippen LogP contribution >= 0.6 is 0 Å². The van der Waals surface area contributed by atoms with E-state index in [-0.39, 0.29) is 23.7 Å². The molecule has 5 heteroatoms. The molecular weight excluding hydrogens is 254 g/mol. The molecule has 20 heavy (non-hydrogen) atoms. The molecule has 0 radical (unpaired) electrons. The van der Waals surface area contributed by atoms with Gasteiger partial charge in [-0.1, -0.05) is 56.3 Å². The van der Waals surface area contributed by atoms with Crippen LogP contribution in [0.2, 0.25) is 0 Å². The molecule has 1 rings (SSSR count). The number of hydrogen-bond acceptors (Lipinski definition) is 3. The Morgan fingerprint density at radius 3 is 2.40 bits per heavy atom. The van der Waals surface area contributed by atoms with E-state index in [2.05, 4.69) is 10.5 Å². The predicted octanol–water partition coefficient (Wildman–Crippen LogP) is 2.27. The number of rotatable bonds is 6. The molecule has 4 N–H and O–H groups in total. The molecule has 1 aromatic rings. The summed E-state index contributed by atoms with van der Waals surface area (Å²) in [6, 6.07) is 9.69. The molecule has 2 unspecified atom stereocenters. The third kappa shape index (κ3) is 3.98. The van der Waals surface area contributed by atoms with E-state index in [1.165, 1.54) is 0 Å². The second kappa shape index (κ2) is 7.53. The first-order valence-electron chi connectivity index (χ1n) is 6.84. The number of benzene rings is 1. The van der Waals surface area contributed by atoms with Gasteiger partial charge in [0, 0.05) is 0 Å². The number of nitrogens with zero attached hydrogens (tertiary/aromatic N) is 1. The van der Waals surface area contributed by atoms with Crippen molar-refractivity contribution in [1.29, 1.82) is 0 Å². The first-order chi connectivity index (χ1) is 9.51. The van der Waals surface area contributed by atoms with E-state index in [0.29, 0.717) is 0 Å². The highest BCUT2D eigenvalue weighted by atomic mass is 16.4. The Hall–Kier alpha value is -2.04. The van der Waals surface area contributed by atoms with Crippen molar-refractivity contribution >= 4 is 11.7 Å². The molecule has 0 aliphatic heterocycles. The van der Waals surface area contributed by atoms with Gasteiger partial charge in [-0.3, -0.25) is 4.79 Å². The van der Waals surface area contributed by atoms with Gasteiger partial charge in [-0.05, 0) is 17.9 Å². The van der Waals surface area contributed by atoms with Crippen molar-refractivity contribution < 1.29 is 10.0 Å². The van der Waals surface area contributed by atoms with Crippen LogP contribution < -0.4 is 11.1 Å². The van der Waals surface area contributed by atoms with Gasteiger partial charge in [0.2, 0.25) is 5.91 Å². The fraction of sp³-hybridized carbons (Fsp3) is 0.467. The predicted molar refractivity (Wildman–Crippen MR) is 79.4 cm³/mol. The lowest BCUT2D eigenvalue weighted by atomic mass is 9.93. The summed E-state index contributed by atoms with van der Waals surface area (Å²) < 4.78 is 0. The Morgan fingerprint density at radius 1 is 1.35 bits per heavy atom. The number of amides is 1. The Balaban J connectivity index is 2.86. The standard InChI is InChI=1S/C15H23N3O2/c1-4-12(11-8-6-5-7-9-11)17-15(19)13(10(2)3)14(16)18-20/h5-10,12-13,20H,4H2,1-3H3,(H2,16,18)(H,17,19). The lowest BCUT2D eigenvalue weighted by Gasteiger charge is -2.23. The van der Waals surface area contributed by atoms with Crippen LogP contribution in [0.4, 0.5) is 0 Å². The number of nitrogens with one attached hydrogen (secondary N) is 1. The molecule has 0 aromatic heterocycles. The lowest BCUT2D eigenvalue weighted by Crippen LogP contribution is -2.43. The normalized spacial score (nSPS) is 14.9. The first kappa shape index (κ1) is 16.0. The number of carbonyl (C=O) groups excluding carboxylic acids is 1. The summed E-state index contributed by atoms with van der Waals surface area (Å²) >= 11 is 0. The van der Waals surface area contributed by atoms with E-state index < -0.39 is 5.92 Å². The van der Waals surface area contributed by atoms with Crippen molar-refractivity contribution in [2.24, 2.45) is 22.7 Å².